The molecule has 0 radical (unpaired) electrons. The lowest BCUT2D eigenvalue weighted by molar-refractivity contribution is -0.139. The predicted molar refractivity (Wildman–Crippen MR) is 74.9 cm³/mol. The molecule has 1 fully saturated rings. The van der Waals surface area contributed by atoms with Crippen molar-refractivity contribution >= 4 is 11.9 Å². The van der Waals surface area contributed by atoms with Gasteiger partial charge in [0, 0.05) is 26.7 Å². The van der Waals surface area contributed by atoms with Crippen LogP contribution >= 0.6 is 0 Å². The molecule has 1 unspecified atom stereocenters. The van der Waals surface area contributed by atoms with Crippen LogP contribution in [0.5, 0.6) is 0 Å². The molecular formula is C13H20N4O4. The lowest BCUT2D eigenvalue weighted by Crippen LogP contribution is -2.54. The fourth-order valence-corrected chi connectivity index (χ4v) is 2.39. The lowest BCUT2D eigenvalue weighted by atomic mass is 10.1. The minimum atomic E-state index is -0.570. The Labute approximate surface area is 122 Å². The summed E-state index contributed by atoms with van der Waals surface area (Å²) >= 11 is 0. The average molecular weight is 296 g/mol. The van der Waals surface area contributed by atoms with E-state index in [1.165, 1.54) is 0 Å². The number of carbonyl (C=O) groups excluding carboxylic acids is 2. The number of aromatic amines is 2. The Hall–Kier alpha value is -2.09. The number of esters is 1. The number of nitrogens with one attached hydrogen (secondary N) is 2. The van der Waals surface area contributed by atoms with Gasteiger partial charge in [0.15, 0.2) is 0 Å². The molecule has 1 atom stereocenters. The van der Waals surface area contributed by atoms with Crippen molar-refractivity contribution in [2.45, 2.75) is 26.4 Å². The highest BCUT2D eigenvalue weighted by atomic mass is 16.5. The normalized spacial score (nSPS) is 19.9. The number of carbonyl (C=O) groups is 2. The summed E-state index contributed by atoms with van der Waals surface area (Å²) in [6.07, 6.45) is 0. The van der Waals surface area contributed by atoms with Crippen molar-refractivity contribution in [3.63, 3.8) is 0 Å². The second kappa shape index (κ2) is 6.13. The summed E-state index contributed by atoms with van der Waals surface area (Å²) in [6, 6.07) is -0.294. The molecule has 1 aliphatic rings. The second-order valence-corrected chi connectivity index (χ2v) is 5.06. The minimum absolute atomic E-state index is 0.0248. The number of hydrogen-bond donors (Lipinski definition) is 2. The Kier molecular flexibility index (Phi) is 4.46. The number of imidazole rings is 1. The number of nitrogens with zero attached hydrogens (tertiary/aromatic N) is 2. The van der Waals surface area contributed by atoms with Crippen molar-refractivity contribution in [2.75, 3.05) is 26.7 Å². The number of aromatic nitrogens is 2. The van der Waals surface area contributed by atoms with E-state index in [1.54, 1.807) is 18.9 Å². The van der Waals surface area contributed by atoms with Crippen LogP contribution in [0.1, 0.15) is 30.0 Å². The van der Waals surface area contributed by atoms with E-state index < -0.39 is 11.7 Å². The number of piperazine rings is 1. The van der Waals surface area contributed by atoms with Crippen LogP contribution in [0, 0.1) is 0 Å². The van der Waals surface area contributed by atoms with E-state index in [0.717, 1.165) is 0 Å². The highest BCUT2D eigenvalue weighted by molar-refractivity contribution is 5.88. The maximum Gasteiger partial charge on any atom is 0.356 e. The molecule has 1 aliphatic heterocycles. The van der Waals surface area contributed by atoms with E-state index in [0.29, 0.717) is 25.3 Å². The molecule has 0 aromatic carbocycles. The molecule has 21 heavy (non-hydrogen) atoms. The zero-order chi connectivity index (χ0) is 15.6. The summed E-state index contributed by atoms with van der Waals surface area (Å²) in [5, 5.41) is 0. The summed E-state index contributed by atoms with van der Waals surface area (Å²) < 4.78 is 4.91. The van der Waals surface area contributed by atoms with Crippen molar-refractivity contribution in [2.24, 2.45) is 0 Å². The number of rotatable bonds is 4. The molecule has 1 aromatic heterocycles. The Balaban J connectivity index is 2.18. The van der Waals surface area contributed by atoms with Gasteiger partial charge in [0.05, 0.1) is 18.3 Å². The summed E-state index contributed by atoms with van der Waals surface area (Å²) in [5.74, 6) is -0.546. The first-order chi connectivity index (χ1) is 9.93. The summed E-state index contributed by atoms with van der Waals surface area (Å²) in [7, 11) is 1.76. The third-order valence-electron chi connectivity index (χ3n) is 3.65. The Bertz CT molecular complexity index is 591. The summed E-state index contributed by atoms with van der Waals surface area (Å²) in [4.78, 5) is 43.9. The van der Waals surface area contributed by atoms with Crippen LogP contribution in [0.3, 0.4) is 0 Å². The average Bonchev–Trinajstić information content (AvgIpc) is 2.81. The molecular weight excluding hydrogens is 276 g/mol. The fraction of sp³-hybridized carbons (Fsp3) is 0.615. The van der Waals surface area contributed by atoms with E-state index in [2.05, 4.69) is 9.97 Å². The molecule has 0 saturated carbocycles. The second-order valence-electron chi connectivity index (χ2n) is 5.06. The predicted octanol–water partition coefficient (Wildman–Crippen LogP) is -0.458. The molecule has 1 amide bonds. The smallest absolute Gasteiger partial charge is 0.356 e. The van der Waals surface area contributed by atoms with Crippen LogP contribution in [0.15, 0.2) is 4.79 Å². The van der Waals surface area contributed by atoms with Crippen LogP contribution in [0.4, 0.5) is 0 Å². The topological polar surface area (TPSA) is 98.5 Å². The van der Waals surface area contributed by atoms with E-state index in [9.17, 15) is 14.4 Å². The Morgan fingerprint density at radius 2 is 2.05 bits per heavy atom. The van der Waals surface area contributed by atoms with Gasteiger partial charge in [-0.25, -0.2) is 9.59 Å². The molecule has 1 saturated heterocycles. The number of hydrogen-bond acceptors (Lipinski definition) is 5. The quantitative estimate of drug-likeness (QED) is 0.733. The molecule has 2 heterocycles. The van der Waals surface area contributed by atoms with Crippen LogP contribution in [-0.2, 0) is 16.1 Å². The van der Waals surface area contributed by atoms with Gasteiger partial charge in [-0.1, -0.05) is 0 Å². The first-order valence-electron chi connectivity index (χ1n) is 6.91. The zero-order valence-electron chi connectivity index (χ0n) is 12.4. The number of H-pyrrole nitrogens is 2. The minimum Gasteiger partial charge on any atom is -0.461 e. The largest absolute Gasteiger partial charge is 0.461 e. The van der Waals surface area contributed by atoms with Gasteiger partial charge < -0.3 is 14.6 Å². The highest BCUT2D eigenvalue weighted by Crippen LogP contribution is 2.14. The standard InChI is InChI=1S/C13H20N4O4/c1-4-21-12(19)10-9(14-13(20)15-10)7-17-6-5-16(3)11(18)8(17)2/h8H,4-7H2,1-3H3,(H2,14,15,20). The highest BCUT2D eigenvalue weighted by Gasteiger charge is 2.30. The van der Waals surface area contributed by atoms with Gasteiger partial charge in [-0.05, 0) is 13.8 Å². The molecule has 0 bridgehead atoms. The summed E-state index contributed by atoms with van der Waals surface area (Å²) in [6.45, 7) is 5.35. The molecule has 8 nitrogen and oxygen atoms in total. The third kappa shape index (κ3) is 3.15. The molecule has 1 aromatic rings. The van der Waals surface area contributed by atoms with Crippen molar-refractivity contribution in [3.05, 3.63) is 21.9 Å². The Morgan fingerprint density at radius 3 is 2.71 bits per heavy atom. The van der Waals surface area contributed by atoms with Crippen LogP contribution < -0.4 is 5.69 Å². The number of amides is 1. The lowest BCUT2D eigenvalue weighted by Gasteiger charge is -2.37. The number of ether oxygens (including phenoxy) is 1. The fourth-order valence-electron chi connectivity index (χ4n) is 2.39. The maximum absolute atomic E-state index is 12.0. The van der Waals surface area contributed by atoms with E-state index in [1.807, 2.05) is 11.8 Å². The van der Waals surface area contributed by atoms with Crippen molar-refractivity contribution in [1.82, 2.24) is 19.8 Å². The van der Waals surface area contributed by atoms with Crippen molar-refractivity contribution in [3.8, 4) is 0 Å². The van der Waals surface area contributed by atoms with Gasteiger partial charge >= 0.3 is 11.7 Å². The van der Waals surface area contributed by atoms with Gasteiger partial charge in [0.25, 0.3) is 0 Å². The van der Waals surface area contributed by atoms with Gasteiger partial charge in [0.2, 0.25) is 5.91 Å². The van der Waals surface area contributed by atoms with E-state index >= 15 is 0 Å². The van der Waals surface area contributed by atoms with Crippen LogP contribution in [0.25, 0.3) is 0 Å². The molecule has 8 heteroatoms. The van der Waals surface area contributed by atoms with Gasteiger partial charge in [-0.3, -0.25) is 14.7 Å². The monoisotopic (exact) mass is 296 g/mol. The van der Waals surface area contributed by atoms with Crippen LogP contribution in [-0.4, -0.2) is 64.4 Å². The van der Waals surface area contributed by atoms with Gasteiger partial charge in [-0.15, -0.1) is 0 Å². The maximum atomic E-state index is 12.0. The van der Waals surface area contributed by atoms with Crippen LogP contribution in [0.2, 0.25) is 0 Å². The summed E-state index contributed by atoms with van der Waals surface area (Å²) in [5.41, 5.74) is 0.115. The van der Waals surface area contributed by atoms with Crippen molar-refractivity contribution < 1.29 is 14.3 Å². The molecule has 2 rings (SSSR count). The SMILES string of the molecule is CCOC(=O)c1[nH]c(=O)[nH]c1CN1CCN(C)C(=O)C1C. The first-order valence-corrected chi connectivity index (χ1v) is 6.91. The molecule has 0 aliphatic carbocycles. The van der Waals surface area contributed by atoms with Gasteiger partial charge in [0.1, 0.15) is 5.69 Å². The molecule has 116 valence electrons. The first kappa shape index (κ1) is 15.3. The van der Waals surface area contributed by atoms with Gasteiger partial charge in [-0.2, -0.15) is 0 Å². The zero-order valence-corrected chi connectivity index (χ0v) is 12.4. The molecule has 2 N–H and O–H groups in total. The number of likely N-dealkylation sites (N-methyl/N-ethyl adjacent to an activating group) is 1. The van der Waals surface area contributed by atoms with E-state index in [4.69, 9.17) is 4.74 Å². The van der Waals surface area contributed by atoms with E-state index in [-0.39, 0.29) is 24.2 Å². The molecule has 0 spiro atoms. The Morgan fingerprint density at radius 1 is 1.33 bits per heavy atom. The third-order valence-corrected chi connectivity index (χ3v) is 3.65. The van der Waals surface area contributed by atoms with Crippen molar-refractivity contribution in [1.29, 1.82) is 0 Å².